The van der Waals surface area contributed by atoms with Crippen LogP contribution in [0.4, 0.5) is 0 Å². The van der Waals surface area contributed by atoms with Crippen molar-refractivity contribution in [1.29, 1.82) is 0 Å². The molecule has 0 aliphatic carbocycles. The van der Waals surface area contributed by atoms with Crippen molar-refractivity contribution in [3.63, 3.8) is 0 Å². The summed E-state index contributed by atoms with van der Waals surface area (Å²) in [4.78, 5) is 4.66. The number of thiocarbonyl (C=S) groups is 1. The highest BCUT2D eigenvalue weighted by atomic mass is 35.5. The maximum atomic E-state index is 5.39. The molecular formula is C8H14ClN3S. The summed E-state index contributed by atoms with van der Waals surface area (Å²) in [5, 5.41) is 0. The Bertz CT molecular complexity index is 283. The average Bonchev–Trinajstić information content (AvgIpc) is 2.34. The molecule has 0 aromatic carbocycles. The first-order valence-corrected chi connectivity index (χ1v) is 4.31. The highest BCUT2D eigenvalue weighted by Crippen LogP contribution is 2.05. The van der Waals surface area contributed by atoms with E-state index in [0.29, 0.717) is 17.5 Å². The van der Waals surface area contributed by atoms with Crippen molar-refractivity contribution in [3.8, 4) is 0 Å². The maximum absolute atomic E-state index is 5.39. The van der Waals surface area contributed by atoms with Gasteiger partial charge in [-0.05, 0) is 13.8 Å². The van der Waals surface area contributed by atoms with E-state index in [1.165, 1.54) is 0 Å². The van der Waals surface area contributed by atoms with Crippen molar-refractivity contribution >= 4 is 29.6 Å². The Hall–Kier alpha value is -0.610. The van der Waals surface area contributed by atoms with Crippen molar-refractivity contribution in [2.24, 2.45) is 5.73 Å². The molecular weight excluding hydrogens is 206 g/mol. The Balaban J connectivity index is 0.00000144. The second-order valence-corrected chi connectivity index (χ2v) is 3.57. The normalized spacial score (nSPS) is 9.77. The minimum Gasteiger partial charge on any atom is -0.393 e. The molecule has 13 heavy (non-hydrogen) atoms. The molecule has 0 unspecified atom stereocenters. The summed E-state index contributed by atoms with van der Waals surface area (Å²) >= 11 is 4.78. The maximum Gasteiger partial charge on any atom is 0.0951 e. The van der Waals surface area contributed by atoms with Crippen LogP contribution in [-0.2, 0) is 6.42 Å². The minimum atomic E-state index is 0. The number of aromatic nitrogens is 2. The number of hydrogen-bond donors (Lipinski definition) is 1. The molecule has 0 spiro atoms. The van der Waals surface area contributed by atoms with E-state index >= 15 is 0 Å². The molecule has 0 amide bonds. The third-order valence-corrected chi connectivity index (χ3v) is 1.75. The monoisotopic (exact) mass is 219 g/mol. The van der Waals surface area contributed by atoms with Gasteiger partial charge < -0.3 is 10.3 Å². The average molecular weight is 220 g/mol. The van der Waals surface area contributed by atoms with Crippen LogP contribution in [0, 0.1) is 0 Å². The van der Waals surface area contributed by atoms with Crippen LogP contribution in [-0.4, -0.2) is 14.5 Å². The Kier molecular flexibility index (Phi) is 4.95. The van der Waals surface area contributed by atoms with Crippen LogP contribution in [0.1, 0.15) is 25.6 Å². The van der Waals surface area contributed by atoms with Gasteiger partial charge in [0.2, 0.25) is 0 Å². The number of halogens is 1. The third kappa shape index (κ3) is 3.74. The van der Waals surface area contributed by atoms with Gasteiger partial charge >= 0.3 is 0 Å². The van der Waals surface area contributed by atoms with E-state index in [-0.39, 0.29) is 12.4 Å². The van der Waals surface area contributed by atoms with Gasteiger partial charge in [0.15, 0.2) is 0 Å². The van der Waals surface area contributed by atoms with E-state index in [4.69, 9.17) is 18.0 Å². The smallest absolute Gasteiger partial charge is 0.0951 e. The fraction of sp³-hybridized carbons (Fsp3) is 0.500. The molecule has 0 radical (unpaired) electrons. The summed E-state index contributed by atoms with van der Waals surface area (Å²) in [5.41, 5.74) is 6.33. The van der Waals surface area contributed by atoms with E-state index < -0.39 is 0 Å². The van der Waals surface area contributed by atoms with Crippen molar-refractivity contribution in [3.05, 3.63) is 18.2 Å². The largest absolute Gasteiger partial charge is 0.393 e. The van der Waals surface area contributed by atoms with Crippen LogP contribution in [0.2, 0.25) is 0 Å². The van der Waals surface area contributed by atoms with Gasteiger partial charge in [0.25, 0.3) is 0 Å². The molecule has 1 aromatic rings. The summed E-state index contributed by atoms with van der Waals surface area (Å²) in [7, 11) is 0. The van der Waals surface area contributed by atoms with E-state index in [9.17, 15) is 0 Å². The zero-order valence-electron chi connectivity index (χ0n) is 7.73. The van der Waals surface area contributed by atoms with E-state index in [1.54, 1.807) is 6.33 Å². The zero-order chi connectivity index (χ0) is 9.14. The molecule has 0 fully saturated rings. The first-order chi connectivity index (χ1) is 5.59. The van der Waals surface area contributed by atoms with Crippen LogP contribution >= 0.6 is 24.6 Å². The lowest BCUT2D eigenvalue weighted by Crippen LogP contribution is -2.11. The molecule has 0 bridgehead atoms. The van der Waals surface area contributed by atoms with E-state index in [0.717, 1.165) is 5.69 Å². The molecule has 3 nitrogen and oxygen atoms in total. The van der Waals surface area contributed by atoms with Gasteiger partial charge in [-0.1, -0.05) is 12.2 Å². The first kappa shape index (κ1) is 12.4. The van der Waals surface area contributed by atoms with E-state index in [1.807, 2.05) is 10.8 Å². The van der Waals surface area contributed by atoms with Gasteiger partial charge in [-0.2, -0.15) is 0 Å². The Morgan fingerprint density at radius 2 is 2.31 bits per heavy atom. The molecule has 74 valence electrons. The predicted molar refractivity (Wildman–Crippen MR) is 60.3 cm³/mol. The summed E-state index contributed by atoms with van der Waals surface area (Å²) in [5.74, 6) is 0. The van der Waals surface area contributed by atoms with Crippen LogP contribution in [0.5, 0.6) is 0 Å². The molecule has 0 aliphatic heterocycles. The molecule has 1 aromatic heterocycles. The molecule has 0 atom stereocenters. The van der Waals surface area contributed by atoms with Gasteiger partial charge in [-0.3, -0.25) is 0 Å². The molecule has 0 aliphatic rings. The molecule has 0 saturated heterocycles. The SMILES string of the molecule is CC(C)n1cnc(CC(N)=S)c1.Cl. The quantitative estimate of drug-likeness (QED) is 0.788. The van der Waals surface area contributed by atoms with Gasteiger partial charge in [-0.25, -0.2) is 4.98 Å². The summed E-state index contributed by atoms with van der Waals surface area (Å²) in [6.45, 7) is 4.21. The van der Waals surface area contributed by atoms with E-state index in [2.05, 4.69) is 18.8 Å². The lowest BCUT2D eigenvalue weighted by Gasteiger charge is -2.03. The number of hydrogen-bond acceptors (Lipinski definition) is 2. The van der Waals surface area contributed by atoms with Gasteiger partial charge in [0.05, 0.1) is 17.0 Å². The van der Waals surface area contributed by atoms with Gasteiger partial charge in [-0.15, -0.1) is 12.4 Å². The third-order valence-electron chi connectivity index (χ3n) is 1.61. The molecule has 1 heterocycles. The summed E-state index contributed by atoms with van der Waals surface area (Å²) < 4.78 is 2.04. The van der Waals surface area contributed by atoms with Crippen molar-refractivity contribution in [2.75, 3.05) is 0 Å². The Morgan fingerprint density at radius 3 is 2.69 bits per heavy atom. The van der Waals surface area contributed by atoms with Crippen molar-refractivity contribution < 1.29 is 0 Å². The second-order valence-electron chi connectivity index (χ2n) is 3.05. The predicted octanol–water partition coefficient (Wildman–Crippen LogP) is 1.71. The minimum absolute atomic E-state index is 0. The highest BCUT2D eigenvalue weighted by molar-refractivity contribution is 7.80. The van der Waals surface area contributed by atoms with Crippen LogP contribution in [0.3, 0.4) is 0 Å². The Labute approximate surface area is 89.7 Å². The van der Waals surface area contributed by atoms with Crippen molar-refractivity contribution in [2.45, 2.75) is 26.3 Å². The van der Waals surface area contributed by atoms with Crippen molar-refractivity contribution in [1.82, 2.24) is 9.55 Å². The van der Waals surface area contributed by atoms with Gasteiger partial charge in [0.1, 0.15) is 0 Å². The zero-order valence-corrected chi connectivity index (χ0v) is 9.36. The van der Waals surface area contributed by atoms with Crippen LogP contribution < -0.4 is 5.73 Å². The molecule has 0 saturated carbocycles. The standard InChI is InChI=1S/C8H13N3S.ClH/c1-6(2)11-4-7(10-5-11)3-8(9)12;/h4-6H,3H2,1-2H3,(H2,9,12);1H. The van der Waals surface area contributed by atoms with Crippen LogP contribution in [0.25, 0.3) is 0 Å². The second kappa shape index (κ2) is 5.19. The molecule has 5 heteroatoms. The molecule has 2 N–H and O–H groups in total. The fourth-order valence-corrected chi connectivity index (χ4v) is 1.08. The Morgan fingerprint density at radius 1 is 1.69 bits per heavy atom. The summed E-state index contributed by atoms with van der Waals surface area (Å²) in [6.07, 6.45) is 4.37. The summed E-state index contributed by atoms with van der Waals surface area (Å²) in [6, 6.07) is 0.442. The fourth-order valence-electron chi connectivity index (χ4n) is 0.932. The lowest BCUT2D eigenvalue weighted by molar-refractivity contribution is 0.599. The van der Waals surface area contributed by atoms with Gasteiger partial charge in [0, 0.05) is 18.7 Å². The number of nitrogens with zero attached hydrogens (tertiary/aromatic N) is 2. The highest BCUT2D eigenvalue weighted by Gasteiger charge is 2.01. The number of nitrogens with two attached hydrogens (primary N) is 1. The molecule has 1 rings (SSSR count). The lowest BCUT2D eigenvalue weighted by atomic mass is 10.3. The number of rotatable bonds is 3. The first-order valence-electron chi connectivity index (χ1n) is 3.90. The number of imidazole rings is 1. The topological polar surface area (TPSA) is 43.8 Å². The van der Waals surface area contributed by atoms with Crippen LogP contribution in [0.15, 0.2) is 12.5 Å².